The molecule has 0 aromatic heterocycles. The first kappa shape index (κ1) is 16.0. The molecule has 0 saturated carbocycles. The summed E-state index contributed by atoms with van der Waals surface area (Å²) in [5, 5.41) is 0. The first-order chi connectivity index (χ1) is 9.88. The van der Waals surface area contributed by atoms with Gasteiger partial charge in [0.15, 0.2) is 0 Å². The summed E-state index contributed by atoms with van der Waals surface area (Å²) < 4.78 is 1.23. The molecule has 1 aromatic carbocycles. The van der Waals surface area contributed by atoms with Crippen LogP contribution in [0.5, 0.6) is 0 Å². The fourth-order valence-corrected chi connectivity index (χ4v) is 4.51. The number of benzene rings is 1. The number of hydrogen-bond donors (Lipinski definition) is 0. The predicted molar refractivity (Wildman–Crippen MR) is 95.5 cm³/mol. The third-order valence-electron chi connectivity index (χ3n) is 3.51. The molecule has 0 spiro atoms. The van der Waals surface area contributed by atoms with Crippen molar-refractivity contribution in [2.24, 2.45) is 4.99 Å². The molecular formula is C17H25NS2. The highest BCUT2D eigenvalue weighted by Gasteiger charge is 2.09. The second-order valence-corrected chi connectivity index (χ2v) is 7.68. The Kier molecular flexibility index (Phi) is 7.60. The molecule has 1 heterocycles. The molecule has 1 fully saturated rings. The van der Waals surface area contributed by atoms with Crippen LogP contribution in [0.15, 0.2) is 29.3 Å². The van der Waals surface area contributed by atoms with E-state index in [0.29, 0.717) is 0 Å². The Balaban J connectivity index is 1.70. The van der Waals surface area contributed by atoms with Crippen LogP contribution in [0, 0.1) is 0 Å². The molecule has 0 atom stereocenters. The Bertz CT molecular complexity index is 404. The molecule has 1 aliphatic heterocycles. The zero-order valence-corrected chi connectivity index (χ0v) is 14.1. The van der Waals surface area contributed by atoms with Crippen LogP contribution in [0.1, 0.15) is 51.0 Å². The van der Waals surface area contributed by atoms with Gasteiger partial charge in [-0.2, -0.15) is 0 Å². The van der Waals surface area contributed by atoms with Crippen molar-refractivity contribution in [2.75, 3.05) is 11.5 Å². The average Bonchev–Trinajstić information content (AvgIpc) is 2.97. The molecule has 3 heteroatoms. The molecular weight excluding hydrogens is 282 g/mol. The number of rotatable bonds is 8. The SMILES string of the molecule is CCCCCCCCc1ccc(N=C2SCCS2)cc1. The summed E-state index contributed by atoms with van der Waals surface area (Å²) in [6.07, 6.45) is 9.44. The summed E-state index contributed by atoms with van der Waals surface area (Å²) in [5.41, 5.74) is 2.56. The molecule has 0 amide bonds. The topological polar surface area (TPSA) is 12.4 Å². The highest BCUT2D eigenvalue weighted by Crippen LogP contribution is 2.29. The monoisotopic (exact) mass is 307 g/mol. The lowest BCUT2D eigenvalue weighted by molar-refractivity contribution is 0.607. The summed E-state index contributed by atoms with van der Waals surface area (Å²) in [7, 11) is 0. The summed E-state index contributed by atoms with van der Waals surface area (Å²) in [4.78, 5) is 4.67. The standard InChI is InChI=1S/C17H25NS2/c1-2-3-4-5-6-7-8-15-9-11-16(12-10-15)18-17-19-13-14-20-17/h9-12H,2-8,13-14H2,1H3. The van der Waals surface area contributed by atoms with Gasteiger partial charge in [-0.15, -0.1) is 0 Å². The minimum atomic E-state index is 1.11. The van der Waals surface area contributed by atoms with Crippen LogP contribution >= 0.6 is 23.5 Å². The van der Waals surface area contributed by atoms with Gasteiger partial charge in [-0.1, -0.05) is 74.7 Å². The van der Waals surface area contributed by atoms with Crippen molar-refractivity contribution in [2.45, 2.75) is 51.9 Å². The molecule has 0 bridgehead atoms. The number of thioether (sulfide) groups is 2. The van der Waals surface area contributed by atoms with Gasteiger partial charge >= 0.3 is 0 Å². The van der Waals surface area contributed by atoms with E-state index in [1.54, 1.807) is 0 Å². The minimum Gasteiger partial charge on any atom is -0.235 e. The third kappa shape index (κ3) is 5.92. The summed E-state index contributed by atoms with van der Waals surface area (Å²) in [6, 6.07) is 8.82. The number of aliphatic imine (C=N–C) groups is 1. The summed E-state index contributed by atoms with van der Waals surface area (Å²) >= 11 is 3.76. The van der Waals surface area contributed by atoms with Gasteiger partial charge in [0.05, 0.1) is 5.69 Å². The molecule has 1 aliphatic rings. The molecule has 0 radical (unpaired) electrons. The Labute approximate surface area is 132 Å². The lowest BCUT2D eigenvalue weighted by Gasteiger charge is -2.03. The van der Waals surface area contributed by atoms with Crippen LogP contribution in [-0.4, -0.2) is 15.9 Å². The third-order valence-corrected chi connectivity index (χ3v) is 5.97. The first-order valence-corrected chi connectivity index (χ1v) is 9.79. The van der Waals surface area contributed by atoms with Gasteiger partial charge < -0.3 is 0 Å². The molecule has 1 saturated heterocycles. The van der Waals surface area contributed by atoms with Gasteiger partial charge in [0.25, 0.3) is 0 Å². The lowest BCUT2D eigenvalue weighted by atomic mass is 10.0. The van der Waals surface area contributed by atoms with Crippen molar-refractivity contribution in [1.82, 2.24) is 0 Å². The van der Waals surface area contributed by atoms with Gasteiger partial charge in [-0.25, -0.2) is 4.99 Å². The summed E-state index contributed by atoms with van der Waals surface area (Å²) in [5.74, 6) is 2.42. The van der Waals surface area contributed by atoms with E-state index in [0.717, 1.165) is 5.69 Å². The van der Waals surface area contributed by atoms with Crippen molar-refractivity contribution in [3.63, 3.8) is 0 Å². The quantitative estimate of drug-likeness (QED) is 0.541. The molecule has 20 heavy (non-hydrogen) atoms. The smallest absolute Gasteiger partial charge is 0.130 e. The molecule has 0 N–H and O–H groups in total. The largest absolute Gasteiger partial charge is 0.235 e. The van der Waals surface area contributed by atoms with E-state index in [2.05, 4.69) is 36.2 Å². The normalized spacial score (nSPS) is 14.8. The van der Waals surface area contributed by atoms with E-state index in [1.165, 1.54) is 66.4 Å². The average molecular weight is 308 g/mol. The van der Waals surface area contributed by atoms with Gasteiger partial charge in [-0.05, 0) is 30.5 Å². The van der Waals surface area contributed by atoms with E-state index in [9.17, 15) is 0 Å². The maximum absolute atomic E-state index is 4.67. The van der Waals surface area contributed by atoms with Crippen molar-refractivity contribution >= 4 is 33.6 Å². The highest BCUT2D eigenvalue weighted by atomic mass is 32.2. The fourth-order valence-electron chi connectivity index (χ4n) is 2.32. The molecule has 110 valence electrons. The fraction of sp³-hybridized carbons (Fsp3) is 0.588. The van der Waals surface area contributed by atoms with Gasteiger partial charge in [0, 0.05) is 11.5 Å². The molecule has 1 nitrogen and oxygen atoms in total. The van der Waals surface area contributed by atoms with Gasteiger partial charge in [0.2, 0.25) is 0 Å². The van der Waals surface area contributed by atoms with Crippen LogP contribution in [0.4, 0.5) is 5.69 Å². The Morgan fingerprint density at radius 3 is 2.25 bits per heavy atom. The minimum absolute atomic E-state index is 1.11. The Hall–Kier alpha value is -0.410. The molecule has 1 aromatic rings. The number of nitrogens with zero attached hydrogens (tertiary/aromatic N) is 1. The molecule has 0 aliphatic carbocycles. The van der Waals surface area contributed by atoms with Crippen LogP contribution < -0.4 is 0 Å². The highest BCUT2D eigenvalue weighted by molar-refractivity contribution is 8.41. The van der Waals surface area contributed by atoms with E-state index >= 15 is 0 Å². The lowest BCUT2D eigenvalue weighted by Crippen LogP contribution is -1.86. The molecule has 0 unspecified atom stereocenters. The van der Waals surface area contributed by atoms with Crippen LogP contribution in [0.25, 0.3) is 0 Å². The maximum atomic E-state index is 4.67. The first-order valence-electron chi connectivity index (χ1n) is 7.81. The predicted octanol–water partition coefficient (Wildman–Crippen LogP) is 6.06. The zero-order valence-electron chi connectivity index (χ0n) is 12.4. The van der Waals surface area contributed by atoms with Gasteiger partial charge in [0.1, 0.15) is 4.38 Å². The Morgan fingerprint density at radius 1 is 0.900 bits per heavy atom. The van der Waals surface area contributed by atoms with Crippen LogP contribution in [0.3, 0.4) is 0 Å². The molecule has 2 rings (SSSR count). The second kappa shape index (κ2) is 9.51. The van der Waals surface area contributed by atoms with E-state index in [-0.39, 0.29) is 0 Å². The van der Waals surface area contributed by atoms with E-state index < -0.39 is 0 Å². The van der Waals surface area contributed by atoms with Gasteiger partial charge in [-0.3, -0.25) is 0 Å². The number of aryl methyl sites for hydroxylation is 1. The Morgan fingerprint density at radius 2 is 1.55 bits per heavy atom. The number of unbranched alkanes of at least 4 members (excludes halogenated alkanes) is 5. The zero-order chi connectivity index (χ0) is 14.0. The number of hydrogen-bond acceptors (Lipinski definition) is 3. The van der Waals surface area contributed by atoms with E-state index in [4.69, 9.17) is 0 Å². The van der Waals surface area contributed by atoms with Crippen molar-refractivity contribution in [3.8, 4) is 0 Å². The van der Waals surface area contributed by atoms with Crippen molar-refractivity contribution < 1.29 is 0 Å². The van der Waals surface area contributed by atoms with Crippen LogP contribution in [-0.2, 0) is 6.42 Å². The van der Waals surface area contributed by atoms with Crippen LogP contribution in [0.2, 0.25) is 0 Å². The maximum Gasteiger partial charge on any atom is 0.130 e. The van der Waals surface area contributed by atoms with Crippen molar-refractivity contribution in [3.05, 3.63) is 29.8 Å². The summed E-state index contributed by atoms with van der Waals surface area (Å²) in [6.45, 7) is 2.27. The van der Waals surface area contributed by atoms with Crippen molar-refractivity contribution in [1.29, 1.82) is 0 Å². The second-order valence-electron chi connectivity index (χ2n) is 5.26. The van der Waals surface area contributed by atoms with E-state index in [1.807, 2.05) is 23.5 Å².